The van der Waals surface area contributed by atoms with Gasteiger partial charge in [-0.2, -0.15) is 0 Å². The van der Waals surface area contributed by atoms with Gasteiger partial charge in [0.1, 0.15) is 23.2 Å². The first-order valence-corrected chi connectivity index (χ1v) is 9.59. The number of amides is 1. The number of likely N-dealkylation sites (tertiary alicyclic amines) is 1. The van der Waals surface area contributed by atoms with E-state index in [1.54, 1.807) is 29.6 Å². The Balaban J connectivity index is 1.40. The number of H-pyrrole nitrogens is 1. The highest BCUT2D eigenvalue weighted by Crippen LogP contribution is 2.42. The van der Waals surface area contributed by atoms with Gasteiger partial charge in [0.25, 0.3) is 0 Å². The molecule has 1 fully saturated rings. The number of aromatic amines is 1. The van der Waals surface area contributed by atoms with Crippen molar-refractivity contribution in [3.8, 4) is 11.5 Å². The number of benzene rings is 1. The molecule has 4 rings (SSSR count). The second-order valence-corrected chi connectivity index (χ2v) is 7.49. The van der Waals surface area contributed by atoms with Crippen LogP contribution in [-0.4, -0.2) is 63.2 Å². The zero-order valence-electron chi connectivity index (χ0n) is 16.0. The van der Waals surface area contributed by atoms with E-state index in [4.69, 9.17) is 9.39 Å². The van der Waals surface area contributed by atoms with Gasteiger partial charge in [0.2, 0.25) is 5.91 Å². The molecule has 1 amide bonds. The minimum Gasteiger partial charge on any atom is -0.535 e. The van der Waals surface area contributed by atoms with Crippen molar-refractivity contribution in [1.82, 2.24) is 14.9 Å². The normalized spacial score (nSPS) is 18.6. The van der Waals surface area contributed by atoms with Crippen molar-refractivity contribution in [3.05, 3.63) is 41.5 Å². The molecule has 0 unspecified atom stereocenters. The van der Waals surface area contributed by atoms with E-state index in [0.29, 0.717) is 32.3 Å². The summed E-state index contributed by atoms with van der Waals surface area (Å²) in [6.45, 7) is 2.71. The van der Waals surface area contributed by atoms with Crippen molar-refractivity contribution in [2.24, 2.45) is 0 Å². The molecule has 1 aromatic heterocycles. The molecule has 29 heavy (non-hydrogen) atoms. The number of hydrogen-bond acceptors (Lipinski definition) is 6. The molecule has 1 saturated heterocycles. The largest absolute Gasteiger partial charge is 0.535 e. The molecule has 152 valence electrons. The number of aromatic carboxylic acids is 1. The van der Waals surface area contributed by atoms with Crippen LogP contribution in [0.15, 0.2) is 24.7 Å². The fourth-order valence-electron chi connectivity index (χ4n) is 3.73. The summed E-state index contributed by atoms with van der Waals surface area (Å²) in [4.78, 5) is 32.7. The lowest BCUT2D eigenvalue weighted by molar-refractivity contribution is -0.140. The van der Waals surface area contributed by atoms with E-state index in [1.165, 1.54) is 0 Å². The minimum absolute atomic E-state index is 0.0172. The van der Waals surface area contributed by atoms with E-state index < -0.39 is 13.1 Å². The van der Waals surface area contributed by atoms with Gasteiger partial charge in [0.15, 0.2) is 0 Å². The lowest BCUT2D eigenvalue weighted by Gasteiger charge is -2.39. The van der Waals surface area contributed by atoms with Crippen molar-refractivity contribution in [2.45, 2.75) is 38.1 Å². The van der Waals surface area contributed by atoms with E-state index in [2.05, 4.69) is 9.97 Å². The molecular formula is C19H22BN3O6. The molecule has 2 aliphatic rings. The monoisotopic (exact) mass is 399 g/mol. The standard InChI is InChI=1S/C19H22BN3O6/c1-11-6-20(27)29-18-14(11)3-4-15(17(18)19(25)26)28-13-8-23(9-13)16(24)5-2-12-7-21-10-22-12/h3-4,7,10-11,13,27H,2,5-6,8-9H2,1H3,(H,21,22)(H,25,26)/t11-/m0/s1. The number of carboxylic acids is 1. The van der Waals surface area contributed by atoms with Gasteiger partial charge in [-0.25, -0.2) is 9.78 Å². The summed E-state index contributed by atoms with van der Waals surface area (Å²) in [6.07, 6.45) is 4.36. The van der Waals surface area contributed by atoms with Crippen molar-refractivity contribution >= 4 is 19.0 Å². The Bertz CT molecular complexity index is 913. The van der Waals surface area contributed by atoms with Gasteiger partial charge in [-0.3, -0.25) is 4.79 Å². The summed E-state index contributed by atoms with van der Waals surface area (Å²) < 4.78 is 11.3. The van der Waals surface area contributed by atoms with Gasteiger partial charge in [-0.1, -0.05) is 13.0 Å². The smallest absolute Gasteiger partial charge is 0.523 e. The fraction of sp³-hybridized carbons (Fsp3) is 0.421. The number of fused-ring (bicyclic) bond motifs is 1. The molecular weight excluding hydrogens is 377 g/mol. The maximum Gasteiger partial charge on any atom is 0.523 e. The van der Waals surface area contributed by atoms with Crippen LogP contribution in [0.4, 0.5) is 0 Å². The van der Waals surface area contributed by atoms with Gasteiger partial charge >= 0.3 is 13.1 Å². The number of aryl methyl sites for hydroxylation is 1. The number of aromatic nitrogens is 2. The van der Waals surface area contributed by atoms with E-state index in [-0.39, 0.29) is 35.0 Å². The van der Waals surface area contributed by atoms with Crippen LogP contribution in [-0.2, 0) is 11.2 Å². The number of carbonyl (C=O) groups is 2. The number of rotatable bonds is 6. The van der Waals surface area contributed by atoms with Crippen LogP contribution in [0.3, 0.4) is 0 Å². The van der Waals surface area contributed by atoms with Crippen LogP contribution in [0.5, 0.6) is 11.5 Å². The molecule has 1 aromatic carbocycles. The molecule has 0 aliphatic carbocycles. The van der Waals surface area contributed by atoms with Crippen LogP contribution in [0.1, 0.15) is 40.9 Å². The summed E-state index contributed by atoms with van der Waals surface area (Å²) in [6, 6.07) is 3.40. The third-order valence-electron chi connectivity index (χ3n) is 5.36. The zero-order valence-corrected chi connectivity index (χ0v) is 16.0. The number of hydrogen-bond donors (Lipinski definition) is 3. The zero-order chi connectivity index (χ0) is 20.5. The van der Waals surface area contributed by atoms with Crippen molar-refractivity contribution < 1.29 is 29.1 Å². The lowest BCUT2D eigenvalue weighted by Crippen LogP contribution is -2.56. The lowest BCUT2D eigenvalue weighted by atomic mass is 9.72. The van der Waals surface area contributed by atoms with Gasteiger partial charge in [-0.15, -0.1) is 0 Å². The molecule has 2 aliphatic heterocycles. The first-order chi connectivity index (χ1) is 13.9. The Morgan fingerprint density at radius 2 is 2.21 bits per heavy atom. The highest BCUT2D eigenvalue weighted by molar-refractivity contribution is 6.44. The predicted octanol–water partition coefficient (Wildman–Crippen LogP) is 1.31. The molecule has 2 aromatic rings. The van der Waals surface area contributed by atoms with Gasteiger partial charge in [0, 0.05) is 24.6 Å². The highest BCUT2D eigenvalue weighted by atomic mass is 16.5. The Hall–Kier alpha value is -3.01. The average molecular weight is 399 g/mol. The second kappa shape index (κ2) is 7.78. The van der Waals surface area contributed by atoms with Crippen LogP contribution in [0.2, 0.25) is 6.32 Å². The number of imidazole rings is 1. The van der Waals surface area contributed by atoms with Gasteiger partial charge in [-0.05, 0) is 24.0 Å². The highest BCUT2D eigenvalue weighted by Gasteiger charge is 2.36. The molecule has 9 nitrogen and oxygen atoms in total. The van der Waals surface area contributed by atoms with E-state index in [9.17, 15) is 19.7 Å². The fourth-order valence-corrected chi connectivity index (χ4v) is 3.73. The second-order valence-electron chi connectivity index (χ2n) is 7.49. The first-order valence-electron chi connectivity index (χ1n) is 9.59. The summed E-state index contributed by atoms with van der Waals surface area (Å²) >= 11 is 0. The number of nitrogens with zero attached hydrogens (tertiary/aromatic N) is 2. The Morgan fingerprint density at radius 1 is 1.41 bits per heavy atom. The number of nitrogens with one attached hydrogen (secondary N) is 1. The van der Waals surface area contributed by atoms with E-state index >= 15 is 0 Å². The van der Waals surface area contributed by atoms with Crippen molar-refractivity contribution in [3.63, 3.8) is 0 Å². The van der Waals surface area contributed by atoms with Crippen LogP contribution in [0, 0.1) is 0 Å². The number of carboxylic acid groups (broad SMARTS) is 1. The van der Waals surface area contributed by atoms with E-state index in [0.717, 1.165) is 11.3 Å². The molecule has 10 heteroatoms. The first kappa shape index (κ1) is 19.3. The third kappa shape index (κ3) is 3.93. The molecule has 3 heterocycles. The van der Waals surface area contributed by atoms with E-state index in [1.807, 2.05) is 6.92 Å². The Morgan fingerprint density at radius 3 is 2.90 bits per heavy atom. The molecule has 0 spiro atoms. The summed E-state index contributed by atoms with van der Waals surface area (Å²) in [5.74, 6) is -0.832. The summed E-state index contributed by atoms with van der Waals surface area (Å²) in [7, 11) is -1.04. The average Bonchev–Trinajstić information content (AvgIpc) is 3.15. The van der Waals surface area contributed by atoms with Crippen LogP contribution < -0.4 is 9.39 Å². The molecule has 0 bridgehead atoms. The minimum atomic E-state index is -1.18. The van der Waals surface area contributed by atoms with Crippen molar-refractivity contribution in [2.75, 3.05) is 13.1 Å². The van der Waals surface area contributed by atoms with Gasteiger partial charge in [0.05, 0.1) is 19.4 Å². The topological polar surface area (TPSA) is 125 Å². The third-order valence-corrected chi connectivity index (χ3v) is 5.36. The molecule has 0 saturated carbocycles. The quantitative estimate of drug-likeness (QED) is 0.626. The Kier molecular flexibility index (Phi) is 5.19. The maximum atomic E-state index is 12.3. The summed E-state index contributed by atoms with van der Waals surface area (Å²) in [5.41, 5.74) is 1.56. The summed E-state index contributed by atoms with van der Waals surface area (Å²) in [5, 5.41) is 19.6. The predicted molar refractivity (Wildman–Crippen MR) is 103 cm³/mol. The maximum absolute atomic E-state index is 12.3. The molecule has 3 N–H and O–H groups in total. The Labute approximate surface area is 167 Å². The van der Waals surface area contributed by atoms with Crippen molar-refractivity contribution in [1.29, 1.82) is 0 Å². The number of ether oxygens (including phenoxy) is 1. The molecule has 0 radical (unpaired) electrons. The van der Waals surface area contributed by atoms with Crippen LogP contribution in [0.25, 0.3) is 0 Å². The van der Waals surface area contributed by atoms with Crippen LogP contribution >= 0.6 is 0 Å². The van der Waals surface area contributed by atoms with Gasteiger partial charge < -0.3 is 29.4 Å². The number of carbonyl (C=O) groups excluding carboxylic acids is 1. The SMILES string of the molecule is C[C@H]1CB(O)Oc2c1ccc(OC1CN(C(=O)CCc3cnc[nH]3)C1)c2C(=O)O. The molecule has 1 atom stereocenters.